The summed E-state index contributed by atoms with van der Waals surface area (Å²) in [5, 5.41) is 0. The van der Waals surface area contributed by atoms with Gasteiger partial charge in [-0.1, -0.05) is 0 Å². The van der Waals surface area contributed by atoms with E-state index in [-0.39, 0.29) is 0 Å². The summed E-state index contributed by atoms with van der Waals surface area (Å²) in [5.74, 6) is 0.400. The molecule has 0 bridgehead atoms. The van der Waals surface area contributed by atoms with E-state index < -0.39 is 48.3 Å². The third kappa shape index (κ3) is 7.35. The summed E-state index contributed by atoms with van der Waals surface area (Å²) in [6.07, 6.45) is 30.0. The molecule has 0 aliphatic carbocycles. The molecule has 0 amide bonds. The van der Waals surface area contributed by atoms with Crippen LogP contribution in [0, 0.1) is 0 Å². The minimum absolute atomic E-state index is 0.400. The average molecular weight is 513 g/mol. The van der Waals surface area contributed by atoms with Crippen LogP contribution in [-0.4, -0.2) is 106 Å². The van der Waals surface area contributed by atoms with Gasteiger partial charge >= 0.3 is 194 Å². The Bertz CT molecular complexity index is 449. The van der Waals surface area contributed by atoms with Crippen molar-refractivity contribution in [3.63, 3.8) is 0 Å². The molecule has 3 nitrogen and oxygen atoms in total. The van der Waals surface area contributed by atoms with Gasteiger partial charge in [0.2, 0.25) is 0 Å². The first-order valence-electron chi connectivity index (χ1n) is 10.5. The summed E-state index contributed by atoms with van der Waals surface area (Å²) < 4.78 is 13.1. The number of hydrogen-bond donors (Lipinski definition) is 0. The van der Waals surface area contributed by atoms with Crippen LogP contribution < -0.4 is 0 Å². The van der Waals surface area contributed by atoms with Crippen LogP contribution in [0.15, 0.2) is 0 Å². The Morgan fingerprint density at radius 3 is 0.966 bits per heavy atom. The van der Waals surface area contributed by atoms with Crippen LogP contribution in [-0.2, 0) is 4.52 Å². The van der Waals surface area contributed by atoms with Gasteiger partial charge in [-0.25, -0.2) is 0 Å². The van der Waals surface area contributed by atoms with Crippen LogP contribution in [0.2, 0.25) is 0 Å². The van der Waals surface area contributed by atoms with Crippen molar-refractivity contribution < 1.29 is 4.52 Å². The molecule has 29 heavy (non-hydrogen) atoms. The zero-order valence-corrected chi connectivity index (χ0v) is 27.1. The number of hydrogen-bond acceptors (Lipinski definition) is 3. The molecule has 0 aromatic heterocycles. The van der Waals surface area contributed by atoms with Gasteiger partial charge in [-0.15, -0.1) is 0 Å². The maximum atomic E-state index is 7.07. The molecule has 0 radical (unpaired) electrons. The molecule has 0 saturated carbocycles. The van der Waals surface area contributed by atoms with E-state index >= 15 is 0 Å². The second-order valence-corrected chi connectivity index (χ2v) is 32.7. The van der Waals surface area contributed by atoms with Crippen molar-refractivity contribution in [1.29, 1.82) is 0 Å². The number of nitrogens with zero attached hydrogens (tertiary/aromatic N) is 2. The van der Waals surface area contributed by atoms with Crippen LogP contribution in [0.4, 0.5) is 0 Å². The van der Waals surface area contributed by atoms with E-state index in [4.69, 9.17) is 4.52 Å². The van der Waals surface area contributed by atoms with Crippen LogP contribution in [0.5, 0.6) is 0 Å². The first kappa shape index (κ1) is 30.7. The van der Waals surface area contributed by atoms with Crippen molar-refractivity contribution in [1.82, 2.24) is 7.42 Å². The van der Waals surface area contributed by atoms with Gasteiger partial charge in [0.05, 0.1) is 0 Å². The monoisotopic (exact) mass is 512 g/mol. The van der Waals surface area contributed by atoms with Crippen molar-refractivity contribution in [2.75, 3.05) is 81.7 Å². The maximum absolute atomic E-state index is 7.07. The summed E-state index contributed by atoms with van der Waals surface area (Å²) in [5.41, 5.74) is 1.12. The fourth-order valence-electron chi connectivity index (χ4n) is 4.87. The molecule has 0 saturated heterocycles. The van der Waals surface area contributed by atoms with Gasteiger partial charge in [0.15, 0.2) is 0 Å². The Morgan fingerprint density at radius 1 is 0.586 bits per heavy atom. The fourth-order valence-corrected chi connectivity index (χ4v) is 28.9. The zero-order chi connectivity index (χ0) is 23.8. The molecule has 0 heterocycles. The van der Waals surface area contributed by atoms with Gasteiger partial charge in [-0.3, -0.25) is 0 Å². The topological polar surface area (TPSA) is 15.7 Å². The molecule has 8 heteroatoms. The third-order valence-electron chi connectivity index (χ3n) is 5.16. The van der Waals surface area contributed by atoms with E-state index in [2.05, 4.69) is 117 Å². The molecule has 186 valence electrons. The first-order chi connectivity index (χ1) is 12.6. The molecule has 0 aliphatic rings. The molecule has 0 fully saturated rings. The fraction of sp³-hybridized carbons (Fsp3) is 1.00. The van der Waals surface area contributed by atoms with Gasteiger partial charge < -0.3 is 0 Å². The van der Waals surface area contributed by atoms with E-state index in [0.717, 1.165) is 6.61 Å². The molecule has 0 aromatic carbocycles. The van der Waals surface area contributed by atoms with Crippen molar-refractivity contribution in [2.45, 2.75) is 51.8 Å². The molecule has 0 unspecified atom stereocenters. The molecule has 0 N–H and O–H groups in total. The minimum atomic E-state index is -2.21. The average Bonchev–Trinajstić information content (AvgIpc) is 2.36. The Kier molecular flexibility index (Phi) is 10.9. The molecular weight excluding hydrogens is 455 g/mol. The predicted octanol–water partition coefficient (Wildman–Crippen LogP) is 6.83. The van der Waals surface area contributed by atoms with Crippen molar-refractivity contribution in [3.05, 3.63) is 0 Å². The van der Waals surface area contributed by atoms with E-state index in [0.29, 0.717) is 17.2 Å². The van der Waals surface area contributed by atoms with Gasteiger partial charge in [-0.2, -0.15) is 0 Å². The normalized spacial score (nSPS) is 18.3. The summed E-state index contributed by atoms with van der Waals surface area (Å²) in [4.78, 5) is 0. The molecule has 0 aliphatic heterocycles. The second-order valence-electron chi connectivity index (χ2n) is 11.6. The van der Waals surface area contributed by atoms with Gasteiger partial charge in [-0.05, 0) is 0 Å². The van der Waals surface area contributed by atoms with E-state index in [1.165, 1.54) is 0 Å². The standard InChI is InChI=1S/C21H57N2OPS4/c1-18-24-25(19(2)3,20(4)5)21(22(26(6,7)8)27(9,10)11)23(28(12,13)14)29(15,16)17/h19-21,25H,18H2,1-17H3. The van der Waals surface area contributed by atoms with Gasteiger partial charge in [0.1, 0.15) is 0 Å². The molecule has 0 atom stereocenters. The van der Waals surface area contributed by atoms with Crippen molar-refractivity contribution in [2.24, 2.45) is 0 Å². The SMILES string of the molecule is CCO[PH](C(C)C)(C(C)C)C(N(S(C)(C)C)S(C)(C)C)N(S(C)(C)C)S(C)(C)C. The number of rotatable bonds is 11. The Balaban J connectivity index is 7.49. The Morgan fingerprint density at radius 2 is 0.828 bits per heavy atom. The quantitative estimate of drug-likeness (QED) is 0.223. The van der Waals surface area contributed by atoms with Crippen LogP contribution in [0.1, 0.15) is 34.6 Å². The first-order valence-corrected chi connectivity index (χ1v) is 23.9. The molecular formula is C21H57N2OPS4. The van der Waals surface area contributed by atoms with Gasteiger partial charge in [0, 0.05) is 0 Å². The van der Waals surface area contributed by atoms with Crippen LogP contribution in [0.25, 0.3) is 0 Å². The van der Waals surface area contributed by atoms with E-state index in [1.807, 2.05) is 0 Å². The molecule has 0 aromatic rings. The van der Waals surface area contributed by atoms with Crippen molar-refractivity contribution >= 4 is 48.3 Å². The predicted molar refractivity (Wildman–Crippen MR) is 159 cm³/mol. The summed E-state index contributed by atoms with van der Waals surface area (Å²) in [6.45, 7) is 12.8. The van der Waals surface area contributed by atoms with E-state index in [9.17, 15) is 0 Å². The van der Waals surface area contributed by atoms with Crippen LogP contribution in [0.3, 0.4) is 0 Å². The molecule has 0 spiro atoms. The second kappa shape index (κ2) is 10.3. The van der Waals surface area contributed by atoms with E-state index in [1.54, 1.807) is 0 Å². The Hall–Kier alpha value is 1.71. The Labute approximate surface area is 193 Å². The summed E-state index contributed by atoms with van der Waals surface area (Å²) >= 11 is 0. The third-order valence-corrected chi connectivity index (χ3v) is 22.1. The van der Waals surface area contributed by atoms with Gasteiger partial charge in [0.25, 0.3) is 0 Å². The zero-order valence-electron chi connectivity index (χ0n) is 22.9. The van der Waals surface area contributed by atoms with Crippen LogP contribution >= 0.6 is 48.3 Å². The summed E-state index contributed by atoms with van der Waals surface area (Å²) in [7, 11) is -5.99. The molecule has 0 rings (SSSR count). The summed E-state index contributed by atoms with van der Waals surface area (Å²) in [6, 6.07) is 0. The van der Waals surface area contributed by atoms with Crippen molar-refractivity contribution in [3.8, 4) is 0 Å².